The molecule has 1 aliphatic rings. The maximum atomic E-state index is 15.6. The normalized spacial score (nSPS) is 11.9. The number of amides is 1. The van der Waals surface area contributed by atoms with Gasteiger partial charge in [0.25, 0.3) is 5.91 Å². The summed E-state index contributed by atoms with van der Waals surface area (Å²) in [5.41, 5.74) is 5.95. The van der Waals surface area contributed by atoms with Crippen LogP contribution in [0.4, 0.5) is 21.7 Å². The summed E-state index contributed by atoms with van der Waals surface area (Å²) < 4.78 is 15.6. The van der Waals surface area contributed by atoms with E-state index in [1.165, 1.54) is 6.07 Å². The number of fused-ring (bicyclic) bond motifs is 3. The molecule has 2 heterocycles. The minimum Gasteiger partial charge on any atom is -0.373 e. The Morgan fingerprint density at radius 1 is 1.02 bits per heavy atom. The van der Waals surface area contributed by atoms with Gasteiger partial charge in [0.2, 0.25) is 5.95 Å². The van der Waals surface area contributed by atoms with Crippen molar-refractivity contribution in [1.29, 1.82) is 0 Å². The number of anilines is 3. The number of rotatable bonds is 8. The van der Waals surface area contributed by atoms with E-state index in [0.717, 1.165) is 29.0 Å². The van der Waals surface area contributed by atoms with E-state index >= 15 is 4.39 Å². The van der Waals surface area contributed by atoms with Crippen LogP contribution in [0.1, 0.15) is 34.5 Å². The number of aromatic nitrogens is 2. The van der Waals surface area contributed by atoms with Crippen molar-refractivity contribution in [1.82, 2.24) is 20.2 Å². The SMILES string of the molecule is C.CNC(=O)c1ccc(Nc2ncc3c(n2)-c2ccc(Cl)cc2C(c2c(F)cccc2N(C)CCN(C)C)=NC3)cc1. The van der Waals surface area contributed by atoms with Gasteiger partial charge in [-0.1, -0.05) is 31.2 Å². The van der Waals surface area contributed by atoms with Crippen molar-refractivity contribution < 1.29 is 9.18 Å². The summed E-state index contributed by atoms with van der Waals surface area (Å²) in [5, 5.41) is 6.34. The van der Waals surface area contributed by atoms with Crippen LogP contribution in [0, 0.1) is 5.82 Å². The Hall–Kier alpha value is -4.34. The third-order valence-electron chi connectivity index (χ3n) is 6.92. The average Bonchev–Trinajstić information content (AvgIpc) is 3.12. The van der Waals surface area contributed by atoms with Crippen LogP contribution in [0.5, 0.6) is 0 Å². The molecule has 0 saturated carbocycles. The predicted octanol–water partition coefficient (Wildman–Crippen LogP) is 6.02. The summed E-state index contributed by atoms with van der Waals surface area (Å²) in [4.78, 5) is 30.3. The molecule has 0 radical (unpaired) electrons. The van der Waals surface area contributed by atoms with Crippen molar-refractivity contribution in [2.45, 2.75) is 14.0 Å². The number of halogens is 2. The fourth-order valence-corrected chi connectivity index (χ4v) is 4.88. The Bertz CT molecular complexity index is 1620. The first kappa shape index (κ1) is 30.6. The number of nitrogens with zero attached hydrogens (tertiary/aromatic N) is 5. The van der Waals surface area contributed by atoms with Gasteiger partial charge in [0.1, 0.15) is 5.82 Å². The lowest BCUT2D eigenvalue weighted by Crippen LogP contribution is -2.30. The summed E-state index contributed by atoms with van der Waals surface area (Å²) in [6, 6.07) is 17.6. The van der Waals surface area contributed by atoms with Crippen LogP contribution >= 0.6 is 11.6 Å². The van der Waals surface area contributed by atoms with Crippen molar-refractivity contribution in [3.8, 4) is 11.3 Å². The van der Waals surface area contributed by atoms with E-state index in [-0.39, 0.29) is 25.7 Å². The lowest BCUT2D eigenvalue weighted by atomic mass is 9.94. The molecule has 0 aliphatic carbocycles. The van der Waals surface area contributed by atoms with Gasteiger partial charge >= 0.3 is 0 Å². The third kappa shape index (κ3) is 6.42. The first-order valence-corrected chi connectivity index (χ1v) is 13.6. The van der Waals surface area contributed by atoms with Gasteiger partial charge in [0, 0.05) is 72.0 Å². The number of likely N-dealkylation sites (N-methyl/N-ethyl adjacent to an activating group) is 2. The molecule has 0 spiro atoms. The van der Waals surface area contributed by atoms with Crippen LogP contribution < -0.4 is 15.5 Å². The van der Waals surface area contributed by atoms with E-state index in [1.54, 1.807) is 49.6 Å². The fourth-order valence-electron chi connectivity index (χ4n) is 4.71. The second-order valence-corrected chi connectivity index (χ2v) is 10.5. The minimum atomic E-state index is -0.358. The molecule has 1 amide bonds. The number of hydrogen-bond donors (Lipinski definition) is 2. The monoisotopic (exact) mass is 587 g/mol. The molecule has 8 nitrogen and oxygen atoms in total. The highest BCUT2D eigenvalue weighted by atomic mass is 35.5. The molecular weight excluding hydrogens is 553 g/mol. The molecular formula is C32H35ClFN7O. The Kier molecular flexibility index (Phi) is 9.55. The summed E-state index contributed by atoms with van der Waals surface area (Å²) in [5.74, 6) is -0.134. The first-order chi connectivity index (χ1) is 19.7. The lowest BCUT2D eigenvalue weighted by molar-refractivity contribution is 0.0963. The highest BCUT2D eigenvalue weighted by Gasteiger charge is 2.26. The van der Waals surface area contributed by atoms with Crippen LogP contribution in [0.25, 0.3) is 11.3 Å². The van der Waals surface area contributed by atoms with Crippen molar-refractivity contribution in [2.24, 2.45) is 4.99 Å². The number of benzene rings is 3. The molecule has 0 bridgehead atoms. The molecule has 4 aromatic rings. The van der Waals surface area contributed by atoms with Crippen LogP contribution in [0.2, 0.25) is 5.02 Å². The van der Waals surface area contributed by atoms with Crippen molar-refractivity contribution in [2.75, 3.05) is 51.5 Å². The van der Waals surface area contributed by atoms with Gasteiger partial charge in [0.15, 0.2) is 0 Å². The summed E-state index contributed by atoms with van der Waals surface area (Å²) in [7, 11) is 7.57. The Morgan fingerprint density at radius 2 is 1.79 bits per heavy atom. The van der Waals surface area contributed by atoms with E-state index in [2.05, 4.69) is 20.5 Å². The Labute approximate surface area is 251 Å². The number of nitrogens with one attached hydrogen (secondary N) is 2. The van der Waals surface area contributed by atoms with Gasteiger partial charge in [-0.3, -0.25) is 9.79 Å². The van der Waals surface area contributed by atoms with E-state index in [1.807, 2.05) is 44.2 Å². The van der Waals surface area contributed by atoms with Gasteiger partial charge in [-0.25, -0.2) is 14.4 Å². The second kappa shape index (κ2) is 13.1. The standard InChI is InChI=1S/C31H31ClFN7O.CH4/c1-34-30(41)19-8-11-22(12-9-19)37-31-36-18-20-17-35-29(24-16-21(32)10-13-23(24)28(20)38-31)27-25(33)6-5-7-26(27)40(4)15-14-39(2)3;/h5-13,16,18H,14-15,17H2,1-4H3,(H,34,41)(H,36,37,38);1H4. The van der Waals surface area contributed by atoms with Crippen LogP contribution in [-0.2, 0) is 6.54 Å². The molecule has 3 aromatic carbocycles. The third-order valence-corrected chi connectivity index (χ3v) is 7.15. The summed E-state index contributed by atoms with van der Waals surface area (Å²) >= 11 is 6.48. The number of carbonyl (C=O) groups is 1. The van der Waals surface area contributed by atoms with Gasteiger partial charge in [-0.2, -0.15) is 0 Å². The Balaban J connectivity index is 0.00000405. The quantitative estimate of drug-likeness (QED) is 0.262. The molecule has 1 aromatic heterocycles. The Morgan fingerprint density at radius 3 is 2.50 bits per heavy atom. The van der Waals surface area contributed by atoms with Gasteiger partial charge in [-0.05, 0) is 62.6 Å². The topological polar surface area (TPSA) is 85.7 Å². The van der Waals surface area contributed by atoms with Gasteiger partial charge < -0.3 is 20.4 Å². The van der Waals surface area contributed by atoms with Crippen LogP contribution in [0.3, 0.4) is 0 Å². The van der Waals surface area contributed by atoms with E-state index in [4.69, 9.17) is 21.6 Å². The second-order valence-electron chi connectivity index (χ2n) is 10.1. The van der Waals surface area contributed by atoms with E-state index < -0.39 is 0 Å². The molecule has 218 valence electrons. The molecule has 2 N–H and O–H groups in total. The van der Waals surface area contributed by atoms with Crippen LogP contribution in [0.15, 0.2) is 71.9 Å². The summed E-state index contributed by atoms with van der Waals surface area (Å²) in [6.07, 6.45) is 1.74. The number of aliphatic imine (C=N–C) groups is 1. The maximum Gasteiger partial charge on any atom is 0.251 e. The molecule has 42 heavy (non-hydrogen) atoms. The fraction of sp³-hybridized carbons (Fsp3) is 0.250. The average molecular weight is 588 g/mol. The molecule has 1 aliphatic heterocycles. The zero-order valence-corrected chi connectivity index (χ0v) is 24.1. The minimum absolute atomic E-state index is 0. The van der Waals surface area contributed by atoms with Gasteiger partial charge in [0.05, 0.1) is 23.5 Å². The van der Waals surface area contributed by atoms with E-state index in [9.17, 15) is 4.79 Å². The van der Waals surface area contributed by atoms with Gasteiger partial charge in [-0.15, -0.1) is 0 Å². The molecule has 0 saturated heterocycles. The largest absolute Gasteiger partial charge is 0.373 e. The zero-order chi connectivity index (χ0) is 29.1. The highest BCUT2D eigenvalue weighted by molar-refractivity contribution is 6.32. The van der Waals surface area contributed by atoms with Crippen molar-refractivity contribution in [3.63, 3.8) is 0 Å². The molecule has 5 rings (SSSR count). The van der Waals surface area contributed by atoms with Crippen LogP contribution in [-0.4, -0.2) is 67.8 Å². The smallest absolute Gasteiger partial charge is 0.251 e. The molecule has 0 unspecified atom stereocenters. The first-order valence-electron chi connectivity index (χ1n) is 13.2. The maximum absolute atomic E-state index is 15.6. The zero-order valence-electron chi connectivity index (χ0n) is 23.4. The highest BCUT2D eigenvalue weighted by Crippen LogP contribution is 2.36. The predicted molar refractivity (Wildman–Crippen MR) is 170 cm³/mol. The number of carbonyl (C=O) groups excluding carboxylic acids is 1. The van der Waals surface area contributed by atoms with Crippen molar-refractivity contribution in [3.05, 3.63) is 100.0 Å². The molecule has 0 atom stereocenters. The number of hydrogen-bond acceptors (Lipinski definition) is 7. The lowest BCUT2D eigenvalue weighted by Gasteiger charge is -2.25. The summed E-state index contributed by atoms with van der Waals surface area (Å²) in [6.45, 7) is 1.80. The molecule has 0 fully saturated rings. The van der Waals surface area contributed by atoms with E-state index in [0.29, 0.717) is 45.6 Å². The van der Waals surface area contributed by atoms with Crippen molar-refractivity contribution >= 4 is 40.5 Å². The molecule has 10 heteroatoms.